The summed E-state index contributed by atoms with van der Waals surface area (Å²) < 4.78 is 38.0. The topological polar surface area (TPSA) is 32.3 Å². The number of rotatable bonds is 2. The van der Waals surface area contributed by atoms with Gasteiger partial charge in [-0.2, -0.15) is 13.2 Å². The molecule has 0 unspecified atom stereocenters. The van der Waals surface area contributed by atoms with E-state index >= 15 is 0 Å². The second kappa shape index (κ2) is 5.71. The molecule has 0 amide bonds. The van der Waals surface area contributed by atoms with Crippen LogP contribution < -0.4 is 5.32 Å². The predicted molar refractivity (Wildman–Crippen MR) is 71.0 cm³/mol. The summed E-state index contributed by atoms with van der Waals surface area (Å²) in [5.74, 6) is 0. The van der Waals surface area contributed by atoms with E-state index in [1.165, 1.54) is 6.07 Å². The quantitative estimate of drug-likeness (QED) is 0.848. The van der Waals surface area contributed by atoms with Gasteiger partial charge in [-0.15, -0.1) is 0 Å². The summed E-state index contributed by atoms with van der Waals surface area (Å²) in [7, 11) is 0. The van der Waals surface area contributed by atoms with Gasteiger partial charge in [0.2, 0.25) is 0 Å². The summed E-state index contributed by atoms with van der Waals surface area (Å²) in [5.41, 5.74) is -0.00150. The molecule has 0 radical (unpaired) electrons. The summed E-state index contributed by atoms with van der Waals surface area (Å²) in [6, 6.07) is 3.80. The van der Waals surface area contributed by atoms with Crippen molar-refractivity contribution in [2.45, 2.75) is 44.0 Å². The molecule has 1 aliphatic rings. The average Bonchev–Trinajstić information content (AvgIpc) is 2.33. The molecule has 0 saturated heterocycles. The lowest BCUT2D eigenvalue weighted by atomic mass is 9.93. The van der Waals surface area contributed by atoms with Crippen molar-refractivity contribution in [2.75, 3.05) is 5.32 Å². The van der Waals surface area contributed by atoms with E-state index in [0.29, 0.717) is 10.2 Å². The number of hydrogen-bond acceptors (Lipinski definition) is 2. The van der Waals surface area contributed by atoms with Crippen molar-refractivity contribution in [1.82, 2.24) is 0 Å². The fraction of sp³-hybridized carbons (Fsp3) is 0.538. The third kappa shape index (κ3) is 3.86. The Bertz CT molecular complexity index is 442. The van der Waals surface area contributed by atoms with Gasteiger partial charge in [0.25, 0.3) is 0 Å². The van der Waals surface area contributed by atoms with Crippen molar-refractivity contribution in [3.8, 4) is 0 Å². The van der Waals surface area contributed by atoms with Crippen LogP contribution in [0.3, 0.4) is 0 Å². The Balaban J connectivity index is 2.05. The minimum Gasteiger partial charge on any atom is -0.393 e. The van der Waals surface area contributed by atoms with Crippen LogP contribution in [-0.4, -0.2) is 17.3 Å². The molecule has 2 nitrogen and oxygen atoms in total. The second-order valence-electron chi connectivity index (χ2n) is 4.84. The number of halogens is 4. The van der Waals surface area contributed by atoms with E-state index in [-0.39, 0.29) is 12.1 Å². The van der Waals surface area contributed by atoms with Gasteiger partial charge in [-0.05, 0) is 59.8 Å². The Morgan fingerprint density at radius 3 is 2.32 bits per heavy atom. The SMILES string of the molecule is OC1CCC(Nc2ccc(C(F)(F)F)cc2Br)CC1. The van der Waals surface area contributed by atoms with Gasteiger partial charge in [0.15, 0.2) is 0 Å². The van der Waals surface area contributed by atoms with Crippen molar-refractivity contribution in [2.24, 2.45) is 0 Å². The number of hydrogen-bond donors (Lipinski definition) is 2. The molecule has 6 heteroatoms. The highest BCUT2D eigenvalue weighted by molar-refractivity contribution is 9.10. The van der Waals surface area contributed by atoms with Crippen LogP contribution in [0, 0.1) is 0 Å². The monoisotopic (exact) mass is 337 g/mol. The zero-order valence-electron chi connectivity index (χ0n) is 10.2. The third-order valence-corrected chi connectivity index (χ3v) is 4.01. The number of benzene rings is 1. The second-order valence-corrected chi connectivity index (χ2v) is 5.70. The van der Waals surface area contributed by atoms with Gasteiger partial charge in [0.1, 0.15) is 0 Å². The summed E-state index contributed by atoms with van der Waals surface area (Å²) in [5, 5.41) is 12.6. The molecule has 1 aromatic carbocycles. The highest BCUT2D eigenvalue weighted by Crippen LogP contribution is 2.34. The van der Waals surface area contributed by atoms with Crippen molar-refractivity contribution in [3.05, 3.63) is 28.2 Å². The zero-order valence-corrected chi connectivity index (χ0v) is 11.8. The van der Waals surface area contributed by atoms with Gasteiger partial charge < -0.3 is 10.4 Å². The van der Waals surface area contributed by atoms with E-state index in [4.69, 9.17) is 0 Å². The Kier molecular flexibility index (Phi) is 4.40. The minimum atomic E-state index is -4.32. The fourth-order valence-corrected chi connectivity index (χ4v) is 2.74. The maximum atomic E-state index is 12.5. The van der Waals surface area contributed by atoms with E-state index in [0.717, 1.165) is 37.8 Å². The molecule has 1 saturated carbocycles. The van der Waals surface area contributed by atoms with Crippen LogP contribution in [0.25, 0.3) is 0 Å². The Morgan fingerprint density at radius 2 is 1.79 bits per heavy atom. The molecule has 0 heterocycles. The van der Waals surface area contributed by atoms with E-state index < -0.39 is 11.7 Å². The number of aliphatic hydroxyl groups excluding tert-OH is 1. The zero-order chi connectivity index (χ0) is 14.0. The highest BCUT2D eigenvalue weighted by atomic mass is 79.9. The number of anilines is 1. The molecule has 2 N–H and O–H groups in total. The normalized spacial score (nSPS) is 24.3. The molecule has 106 valence electrons. The van der Waals surface area contributed by atoms with E-state index in [1.807, 2.05) is 0 Å². The first kappa shape index (κ1) is 14.7. The first-order valence-corrected chi connectivity index (χ1v) is 6.97. The lowest BCUT2D eigenvalue weighted by Crippen LogP contribution is -2.28. The molecule has 0 bridgehead atoms. The molecule has 0 spiro atoms. The standard InChI is InChI=1S/C13H15BrF3NO/c14-11-7-8(13(15,16)17)1-6-12(11)18-9-2-4-10(19)5-3-9/h1,6-7,9-10,18-19H,2-5H2. The largest absolute Gasteiger partial charge is 0.416 e. The summed E-state index contributed by atoms with van der Waals surface area (Å²) in [4.78, 5) is 0. The maximum Gasteiger partial charge on any atom is 0.416 e. The van der Waals surface area contributed by atoms with Crippen LogP contribution in [0.15, 0.2) is 22.7 Å². The van der Waals surface area contributed by atoms with Crippen molar-refractivity contribution >= 4 is 21.6 Å². The van der Waals surface area contributed by atoms with Gasteiger partial charge >= 0.3 is 6.18 Å². The number of nitrogens with one attached hydrogen (secondary N) is 1. The molecule has 1 aliphatic carbocycles. The lowest BCUT2D eigenvalue weighted by Gasteiger charge is -2.27. The van der Waals surface area contributed by atoms with Crippen LogP contribution >= 0.6 is 15.9 Å². The summed E-state index contributed by atoms with van der Waals surface area (Å²) in [6.45, 7) is 0. The van der Waals surface area contributed by atoms with Crippen LogP contribution in [0.5, 0.6) is 0 Å². The van der Waals surface area contributed by atoms with Gasteiger partial charge in [-0.3, -0.25) is 0 Å². The van der Waals surface area contributed by atoms with Crippen LogP contribution in [-0.2, 0) is 6.18 Å². The Hall–Kier alpha value is -0.750. The van der Waals surface area contributed by atoms with E-state index in [2.05, 4.69) is 21.2 Å². The summed E-state index contributed by atoms with van der Waals surface area (Å²) >= 11 is 3.17. The fourth-order valence-electron chi connectivity index (χ4n) is 2.25. The molecule has 19 heavy (non-hydrogen) atoms. The van der Waals surface area contributed by atoms with Crippen molar-refractivity contribution in [1.29, 1.82) is 0 Å². The van der Waals surface area contributed by atoms with Gasteiger partial charge in [0.05, 0.1) is 11.7 Å². The Morgan fingerprint density at radius 1 is 1.16 bits per heavy atom. The smallest absolute Gasteiger partial charge is 0.393 e. The van der Waals surface area contributed by atoms with Gasteiger partial charge in [-0.25, -0.2) is 0 Å². The molecule has 1 aromatic rings. The van der Waals surface area contributed by atoms with Crippen LogP contribution in [0.2, 0.25) is 0 Å². The van der Waals surface area contributed by atoms with E-state index in [9.17, 15) is 18.3 Å². The molecular formula is C13H15BrF3NO. The molecule has 0 aromatic heterocycles. The molecular weight excluding hydrogens is 323 g/mol. The minimum absolute atomic E-state index is 0.205. The Labute approximate surface area is 118 Å². The number of aliphatic hydroxyl groups is 1. The van der Waals surface area contributed by atoms with Gasteiger partial charge in [0, 0.05) is 16.2 Å². The average molecular weight is 338 g/mol. The van der Waals surface area contributed by atoms with E-state index in [1.54, 1.807) is 0 Å². The molecule has 0 atom stereocenters. The third-order valence-electron chi connectivity index (χ3n) is 3.35. The maximum absolute atomic E-state index is 12.5. The predicted octanol–water partition coefficient (Wildman–Crippen LogP) is 4.18. The molecule has 1 fully saturated rings. The van der Waals surface area contributed by atoms with Gasteiger partial charge in [-0.1, -0.05) is 0 Å². The summed E-state index contributed by atoms with van der Waals surface area (Å²) in [6.07, 6.45) is -1.44. The molecule has 0 aliphatic heterocycles. The number of alkyl halides is 3. The lowest BCUT2D eigenvalue weighted by molar-refractivity contribution is -0.137. The first-order valence-electron chi connectivity index (χ1n) is 6.17. The highest BCUT2D eigenvalue weighted by Gasteiger charge is 2.31. The van der Waals surface area contributed by atoms with Crippen LogP contribution in [0.1, 0.15) is 31.2 Å². The molecule has 2 rings (SSSR count). The van der Waals surface area contributed by atoms with Crippen molar-refractivity contribution < 1.29 is 18.3 Å². The first-order chi connectivity index (χ1) is 8.86. The van der Waals surface area contributed by atoms with Crippen LogP contribution in [0.4, 0.5) is 18.9 Å². The van der Waals surface area contributed by atoms with Crippen molar-refractivity contribution in [3.63, 3.8) is 0 Å².